The first-order valence-electron chi connectivity index (χ1n) is 9.03. The van der Waals surface area contributed by atoms with Crippen molar-refractivity contribution in [1.29, 1.82) is 0 Å². The summed E-state index contributed by atoms with van der Waals surface area (Å²) in [6.07, 6.45) is 5.70. The fraction of sp³-hybridized carbons (Fsp3) is 0.889. The highest BCUT2D eigenvalue weighted by Gasteiger charge is 2.48. The SMILES string of the molecule is CON1C(C)(C)CC(N(CCCCCCN=C=O)C(=O)O)CC1(C)C. The molecule has 1 aliphatic heterocycles. The van der Waals surface area contributed by atoms with Gasteiger partial charge in [0.25, 0.3) is 0 Å². The third-order valence-electron chi connectivity index (χ3n) is 4.92. The van der Waals surface area contributed by atoms with E-state index in [1.807, 2.05) is 5.06 Å². The van der Waals surface area contributed by atoms with Crippen molar-refractivity contribution in [3.63, 3.8) is 0 Å². The van der Waals surface area contributed by atoms with Crippen LogP contribution >= 0.6 is 0 Å². The van der Waals surface area contributed by atoms with Crippen LogP contribution in [0.5, 0.6) is 0 Å². The van der Waals surface area contributed by atoms with Gasteiger partial charge in [-0.25, -0.2) is 14.6 Å². The Balaban J connectivity index is 2.63. The lowest BCUT2D eigenvalue weighted by molar-refractivity contribution is -0.271. The van der Waals surface area contributed by atoms with Gasteiger partial charge in [0.15, 0.2) is 0 Å². The lowest BCUT2D eigenvalue weighted by atomic mass is 9.78. The monoisotopic (exact) mass is 355 g/mol. The Hall–Kier alpha value is -1.43. The molecule has 0 atom stereocenters. The predicted molar refractivity (Wildman–Crippen MR) is 96.2 cm³/mol. The molecule has 144 valence electrons. The number of rotatable bonds is 9. The molecule has 0 spiro atoms. The molecule has 0 aromatic heterocycles. The summed E-state index contributed by atoms with van der Waals surface area (Å²) in [5, 5.41) is 11.7. The van der Waals surface area contributed by atoms with Gasteiger partial charge in [0.2, 0.25) is 6.08 Å². The van der Waals surface area contributed by atoms with E-state index in [-0.39, 0.29) is 17.1 Å². The molecule has 0 saturated carbocycles. The Kier molecular flexibility index (Phi) is 8.06. The molecule has 0 bridgehead atoms. The first kappa shape index (κ1) is 21.6. The molecule has 1 amide bonds. The summed E-state index contributed by atoms with van der Waals surface area (Å²) in [7, 11) is 1.67. The van der Waals surface area contributed by atoms with Crippen molar-refractivity contribution in [3.8, 4) is 0 Å². The van der Waals surface area contributed by atoms with Crippen LogP contribution in [0.4, 0.5) is 4.79 Å². The molecule has 25 heavy (non-hydrogen) atoms. The van der Waals surface area contributed by atoms with Crippen LogP contribution in [0, 0.1) is 0 Å². The molecular weight excluding hydrogens is 322 g/mol. The number of hydrogen-bond acceptors (Lipinski definition) is 5. The molecule has 0 unspecified atom stereocenters. The number of carbonyl (C=O) groups is 1. The Morgan fingerprint density at radius 3 is 2.24 bits per heavy atom. The molecule has 1 saturated heterocycles. The summed E-state index contributed by atoms with van der Waals surface area (Å²) in [6.45, 7) is 9.42. The number of amides is 1. The van der Waals surface area contributed by atoms with Crippen LogP contribution in [-0.2, 0) is 9.63 Å². The molecule has 0 radical (unpaired) electrons. The quantitative estimate of drug-likeness (QED) is 0.389. The highest BCUT2D eigenvalue weighted by atomic mass is 16.7. The van der Waals surface area contributed by atoms with Crippen molar-refractivity contribution in [2.24, 2.45) is 4.99 Å². The average Bonchev–Trinajstić information content (AvgIpc) is 2.47. The van der Waals surface area contributed by atoms with Gasteiger partial charge in [-0.3, -0.25) is 0 Å². The van der Waals surface area contributed by atoms with Crippen LogP contribution in [-0.4, -0.2) is 64.6 Å². The molecule has 0 aromatic rings. The van der Waals surface area contributed by atoms with E-state index in [1.54, 1.807) is 12.0 Å². The van der Waals surface area contributed by atoms with E-state index >= 15 is 0 Å². The van der Waals surface area contributed by atoms with Crippen molar-refractivity contribution >= 4 is 12.2 Å². The summed E-state index contributed by atoms with van der Waals surface area (Å²) < 4.78 is 0. The highest BCUT2D eigenvalue weighted by Crippen LogP contribution is 2.40. The van der Waals surface area contributed by atoms with E-state index in [0.29, 0.717) is 13.1 Å². The largest absolute Gasteiger partial charge is 0.465 e. The van der Waals surface area contributed by atoms with Gasteiger partial charge in [-0.2, -0.15) is 5.06 Å². The van der Waals surface area contributed by atoms with Crippen molar-refractivity contribution in [3.05, 3.63) is 0 Å². The molecule has 7 nitrogen and oxygen atoms in total. The smallest absolute Gasteiger partial charge is 0.407 e. The number of carbonyl (C=O) groups excluding carboxylic acids is 1. The number of nitrogens with zero attached hydrogens (tertiary/aromatic N) is 3. The zero-order chi connectivity index (χ0) is 19.1. The van der Waals surface area contributed by atoms with Crippen molar-refractivity contribution in [2.75, 3.05) is 20.2 Å². The predicted octanol–water partition coefficient (Wildman–Crippen LogP) is 3.45. The summed E-state index contributed by atoms with van der Waals surface area (Å²) in [5.41, 5.74) is -0.469. The molecule has 1 fully saturated rings. The molecular formula is C18H33N3O4. The number of isocyanates is 1. The lowest BCUT2D eigenvalue weighted by Crippen LogP contribution is -2.64. The Morgan fingerprint density at radius 2 is 1.76 bits per heavy atom. The minimum absolute atomic E-state index is 0.0198. The second kappa shape index (κ2) is 9.32. The summed E-state index contributed by atoms with van der Waals surface area (Å²) >= 11 is 0. The standard InChI is InChI=1S/C18H33N3O4/c1-17(2)12-15(13-18(3,4)21(17)25-5)20(16(23)24)11-9-7-6-8-10-19-14-22/h15H,6-13H2,1-5H3,(H,23,24). The van der Waals surface area contributed by atoms with Gasteiger partial charge >= 0.3 is 6.09 Å². The number of unbranched alkanes of at least 4 members (excludes halogenated alkanes) is 3. The van der Waals surface area contributed by atoms with E-state index < -0.39 is 6.09 Å². The van der Waals surface area contributed by atoms with Crippen molar-refractivity contribution in [2.45, 2.75) is 83.3 Å². The van der Waals surface area contributed by atoms with Crippen LogP contribution in [0.25, 0.3) is 0 Å². The number of aliphatic imine (C=N–C) groups is 1. The molecule has 0 aromatic carbocycles. The van der Waals surface area contributed by atoms with Gasteiger partial charge in [0, 0.05) is 23.7 Å². The molecule has 1 aliphatic rings. The first-order valence-corrected chi connectivity index (χ1v) is 9.03. The maximum absolute atomic E-state index is 11.8. The summed E-state index contributed by atoms with van der Waals surface area (Å²) in [4.78, 5) is 32.5. The third kappa shape index (κ3) is 6.10. The second-order valence-corrected chi connectivity index (χ2v) is 8.03. The van der Waals surface area contributed by atoms with Gasteiger partial charge in [-0.05, 0) is 53.4 Å². The van der Waals surface area contributed by atoms with E-state index in [1.165, 1.54) is 6.08 Å². The van der Waals surface area contributed by atoms with Gasteiger partial charge in [0.1, 0.15) is 0 Å². The zero-order valence-corrected chi connectivity index (χ0v) is 16.2. The lowest BCUT2D eigenvalue weighted by Gasteiger charge is -2.54. The molecule has 1 N–H and O–H groups in total. The molecule has 7 heteroatoms. The molecule has 1 heterocycles. The number of piperidine rings is 1. The number of carboxylic acid groups (broad SMARTS) is 1. The summed E-state index contributed by atoms with van der Waals surface area (Å²) in [5.74, 6) is 0. The van der Waals surface area contributed by atoms with Crippen LogP contribution in [0.3, 0.4) is 0 Å². The topological polar surface area (TPSA) is 82.4 Å². The van der Waals surface area contributed by atoms with E-state index in [0.717, 1.165) is 38.5 Å². The van der Waals surface area contributed by atoms with E-state index in [9.17, 15) is 14.7 Å². The number of hydroxylamine groups is 2. The minimum atomic E-state index is -0.854. The zero-order valence-electron chi connectivity index (χ0n) is 16.2. The Bertz CT molecular complexity index is 469. The van der Waals surface area contributed by atoms with Gasteiger partial charge in [-0.15, -0.1) is 0 Å². The molecule has 0 aliphatic carbocycles. The van der Waals surface area contributed by atoms with E-state index in [2.05, 4.69) is 32.7 Å². The minimum Gasteiger partial charge on any atom is -0.465 e. The van der Waals surface area contributed by atoms with Crippen molar-refractivity contribution in [1.82, 2.24) is 9.96 Å². The first-order chi connectivity index (χ1) is 11.7. The van der Waals surface area contributed by atoms with Gasteiger partial charge < -0.3 is 14.8 Å². The van der Waals surface area contributed by atoms with Crippen LogP contribution in [0.15, 0.2) is 4.99 Å². The molecule has 1 rings (SSSR count). The Morgan fingerprint density at radius 1 is 1.20 bits per heavy atom. The van der Waals surface area contributed by atoms with Crippen molar-refractivity contribution < 1.29 is 19.5 Å². The fourth-order valence-electron chi connectivity index (χ4n) is 4.23. The van der Waals surface area contributed by atoms with E-state index in [4.69, 9.17) is 4.84 Å². The normalized spacial score (nSPS) is 20.0. The Labute approximate surface area is 151 Å². The van der Waals surface area contributed by atoms with Gasteiger partial charge in [0.05, 0.1) is 13.7 Å². The fourth-order valence-corrected chi connectivity index (χ4v) is 4.23. The average molecular weight is 355 g/mol. The number of hydrogen-bond donors (Lipinski definition) is 1. The maximum Gasteiger partial charge on any atom is 0.407 e. The van der Waals surface area contributed by atoms with Crippen LogP contribution < -0.4 is 0 Å². The summed E-state index contributed by atoms with van der Waals surface area (Å²) in [6, 6.07) is -0.0198. The highest BCUT2D eigenvalue weighted by molar-refractivity contribution is 5.65. The van der Waals surface area contributed by atoms with Crippen LogP contribution in [0.1, 0.15) is 66.2 Å². The second-order valence-electron chi connectivity index (χ2n) is 8.03. The maximum atomic E-state index is 11.8. The van der Waals surface area contributed by atoms with Gasteiger partial charge in [-0.1, -0.05) is 12.8 Å². The third-order valence-corrected chi connectivity index (χ3v) is 4.92. The van der Waals surface area contributed by atoms with Crippen LogP contribution in [0.2, 0.25) is 0 Å².